The first kappa shape index (κ1) is 17.8. The van der Waals surface area contributed by atoms with Crippen molar-refractivity contribution in [2.75, 3.05) is 6.54 Å². The molecule has 1 aliphatic rings. The molecule has 4 nitrogen and oxygen atoms in total. The summed E-state index contributed by atoms with van der Waals surface area (Å²) in [7, 11) is 0. The molecular weight excluding hydrogens is 314 g/mol. The molecule has 1 fully saturated rings. The third-order valence-electron chi connectivity index (χ3n) is 3.84. The maximum Gasteiger partial charge on any atom is 0.410 e. The third-order valence-corrected chi connectivity index (χ3v) is 4.09. The number of benzene rings is 1. The van der Waals surface area contributed by atoms with E-state index >= 15 is 0 Å². The Bertz CT molecular complexity index is 563. The molecule has 1 saturated heterocycles. The lowest BCUT2D eigenvalue weighted by atomic mass is 9.95. The fourth-order valence-electron chi connectivity index (χ4n) is 2.74. The van der Waals surface area contributed by atoms with Crippen LogP contribution in [0, 0.1) is 0 Å². The lowest BCUT2D eigenvalue weighted by Gasteiger charge is -2.36. The van der Waals surface area contributed by atoms with Crippen molar-refractivity contribution in [2.24, 2.45) is 0 Å². The van der Waals surface area contributed by atoms with Crippen molar-refractivity contribution >= 4 is 23.5 Å². The summed E-state index contributed by atoms with van der Waals surface area (Å²) in [6.45, 7) is 6.20. The van der Waals surface area contributed by atoms with Gasteiger partial charge in [-0.05, 0) is 64.3 Å². The van der Waals surface area contributed by atoms with Gasteiger partial charge >= 0.3 is 6.09 Å². The standard InChI is InChI=1S/C18H24ClNO3/c1-18(2,3)23-17(22)20-11-5-4-6-15(20)12-16(21)13-7-9-14(19)10-8-13/h7-10,15H,4-6,11-12H2,1-3H3. The molecule has 0 spiro atoms. The van der Waals surface area contributed by atoms with Crippen molar-refractivity contribution in [2.45, 2.75) is 58.1 Å². The summed E-state index contributed by atoms with van der Waals surface area (Å²) in [5.74, 6) is 0.0297. The zero-order valence-electron chi connectivity index (χ0n) is 14.0. The highest BCUT2D eigenvalue weighted by atomic mass is 35.5. The van der Waals surface area contributed by atoms with E-state index in [-0.39, 0.29) is 17.9 Å². The number of halogens is 1. The monoisotopic (exact) mass is 337 g/mol. The van der Waals surface area contributed by atoms with Gasteiger partial charge in [0, 0.05) is 29.6 Å². The number of amides is 1. The Kier molecular flexibility index (Phi) is 5.69. The van der Waals surface area contributed by atoms with Gasteiger partial charge in [-0.3, -0.25) is 4.79 Å². The predicted molar refractivity (Wildman–Crippen MR) is 91.0 cm³/mol. The van der Waals surface area contributed by atoms with Gasteiger partial charge in [0.1, 0.15) is 5.60 Å². The number of likely N-dealkylation sites (tertiary alicyclic amines) is 1. The summed E-state index contributed by atoms with van der Waals surface area (Å²) in [5, 5.41) is 0.606. The minimum atomic E-state index is -0.529. The zero-order valence-corrected chi connectivity index (χ0v) is 14.7. The number of carbonyl (C=O) groups is 2. The van der Waals surface area contributed by atoms with E-state index in [0.717, 1.165) is 19.3 Å². The molecule has 1 heterocycles. The van der Waals surface area contributed by atoms with Gasteiger partial charge in [-0.25, -0.2) is 4.79 Å². The molecule has 0 aromatic heterocycles. The normalized spacial score (nSPS) is 18.6. The Balaban J connectivity index is 2.04. The summed E-state index contributed by atoms with van der Waals surface area (Å²) >= 11 is 5.85. The van der Waals surface area contributed by atoms with E-state index < -0.39 is 5.60 Å². The number of hydrogen-bond acceptors (Lipinski definition) is 3. The first-order valence-corrected chi connectivity index (χ1v) is 8.42. The summed E-state index contributed by atoms with van der Waals surface area (Å²) in [6, 6.07) is 6.78. The van der Waals surface area contributed by atoms with Gasteiger partial charge in [0.15, 0.2) is 5.78 Å². The van der Waals surface area contributed by atoms with Crippen LogP contribution in [-0.2, 0) is 4.74 Å². The van der Waals surface area contributed by atoms with E-state index in [1.54, 1.807) is 29.2 Å². The minimum Gasteiger partial charge on any atom is -0.444 e. The quantitative estimate of drug-likeness (QED) is 0.751. The van der Waals surface area contributed by atoms with Crippen LogP contribution in [0.4, 0.5) is 4.79 Å². The Morgan fingerprint density at radius 3 is 2.48 bits per heavy atom. The zero-order chi connectivity index (χ0) is 17.0. The van der Waals surface area contributed by atoms with Crippen LogP contribution in [-0.4, -0.2) is 35.0 Å². The lowest BCUT2D eigenvalue weighted by molar-refractivity contribution is 0.00946. The lowest BCUT2D eigenvalue weighted by Crippen LogP contribution is -2.46. The molecule has 2 rings (SSSR count). The highest BCUT2D eigenvalue weighted by Gasteiger charge is 2.31. The van der Waals surface area contributed by atoms with Crippen molar-refractivity contribution in [3.05, 3.63) is 34.9 Å². The van der Waals surface area contributed by atoms with Crippen LogP contribution in [0.5, 0.6) is 0 Å². The predicted octanol–water partition coefficient (Wildman–Crippen LogP) is 4.70. The molecule has 1 unspecified atom stereocenters. The second-order valence-electron chi connectivity index (χ2n) is 6.96. The van der Waals surface area contributed by atoms with Gasteiger partial charge in [0.2, 0.25) is 0 Å². The minimum absolute atomic E-state index is 0.0297. The average molecular weight is 338 g/mol. The van der Waals surface area contributed by atoms with E-state index in [1.165, 1.54) is 0 Å². The van der Waals surface area contributed by atoms with Gasteiger partial charge in [-0.1, -0.05) is 11.6 Å². The highest BCUT2D eigenvalue weighted by molar-refractivity contribution is 6.30. The number of ketones is 1. The molecule has 1 atom stereocenters. The van der Waals surface area contributed by atoms with Gasteiger partial charge in [0.05, 0.1) is 0 Å². The summed E-state index contributed by atoms with van der Waals surface area (Å²) < 4.78 is 5.47. The smallest absolute Gasteiger partial charge is 0.410 e. The summed E-state index contributed by atoms with van der Waals surface area (Å²) in [4.78, 5) is 26.5. The van der Waals surface area contributed by atoms with Crippen LogP contribution < -0.4 is 0 Å². The number of hydrogen-bond donors (Lipinski definition) is 0. The third kappa shape index (κ3) is 5.24. The Hall–Kier alpha value is -1.55. The van der Waals surface area contributed by atoms with E-state index in [4.69, 9.17) is 16.3 Å². The topological polar surface area (TPSA) is 46.6 Å². The fraction of sp³-hybridized carbons (Fsp3) is 0.556. The fourth-order valence-corrected chi connectivity index (χ4v) is 2.87. The maximum absolute atomic E-state index is 12.5. The molecule has 126 valence electrons. The molecule has 1 aromatic carbocycles. The first-order valence-electron chi connectivity index (χ1n) is 8.04. The molecule has 0 bridgehead atoms. The number of rotatable bonds is 3. The Morgan fingerprint density at radius 1 is 1.22 bits per heavy atom. The maximum atomic E-state index is 12.5. The molecule has 23 heavy (non-hydrogen) atoms. The average Bonchev–Trinajstić information content (AvgIpc) is 2.46. The van der Waals surface area contributed by atoms with Crippen LogP contribution >= 0.6 is 11.6 Å². The van der Waals surface area contributed by atoms with Gasteiger partial charge < -0.3 is 9.64 Å². The van der Waals surface area contributed by atoms with Gasteiger partial charge in [-0.15, -0.1) is 0 Å². The van der Waals surface area contributed by atoms with Gasteiger partial charge in [-0.2, -0.15) is 0 Å². The van der Waals surface area contributed by atoms with Crippen LogP contribution in [0.1, 0.15) is 56.8 Å². The number of nitrogens with zero attached hydrogens (tertiary/aromatic N) is 1. The van der Waals surface area contributed by atoms with Gasteiger partial charge in [0.25, 0.3) is 0 Å². The molecule has 1 aliphatic heterocycles. The van der Waals surface area contributed by atoms with E-state index in [2.05, 4.69) is 0 Å². The van der Waals surface area contributed by atoms with Crippen molar-refractivity contribution in [1.82, 2.24) is 4.90 Å². The van der Waals surface area contributed by atoms with E-state index in [9.17, 15) is 9.59 Å². The molecule has 0 aliphatic carbocycles. The number of Topliss-reactive ketones (excluding diaryl/α,β-unsaturated/α-hetero) is 1. The van der Waals surface area contributed by atoms with Crippen molar-refractivity contribution in [1.29, 1.82) is 0 Å². The van der Waals surface area contributed by atoms with Crippen molar-refractivity contribution in [3.8, 4) is 0 Å². The number of carbonyl (C=O) groups excluding carboxylic acids is 2. The summed E-state index contributed by atoms with van der Waals surface area (Å²) in [5.41, 5.74) is 0.100. The highest BCUT2D eigenvalue weighted by Crippen LogP contribution is 2.24. The molecular formula is C18H24ClNO3. The Morgan fingerprint density at radius 2 is 1.87 bits per heavy atom. The first-order chi connectivity index (χ1) is 10.8. The van der Waals surface area contributed by atoms with E-state index in [1.807, 2.05) is 20.8 Å². The number of ether oxygens (including phenoxy) is 1. The molecule has 5 heteroatoms. The molecule has 0 radical (unpaired) electrons. The summed E-state index contributed by atoms with van der Waals surface area (Å²) in [6.07, 6.45) is 2.80. The van der Waals surface area contributed by atoms with E-state index in [0.29, 0.717) is 23.6 Å². The largest absolute Gasteiger partial charge is 0.444 e. The molecule has 1 amide bonds. The van der Waals surface area contributed by atoms with Crippen molar-refractivity contribution < 1.29 is 14.3 Å². The second kappa shape index (κ2) is 7.35. The molecule has 1 aromatic rings. The van der Waals surface area contributed by atoms with Crippen LogP contribution in [0.3, 0.4) is 0 Å². The van der Waals surface area contributed by atoms with Crippen LogP contribution in [0.15, 0.2) is 24.3 Å². The van der Waals surface area contributed by atoms with Crippen LogP contribution in [0.25, 0.3) is 0 Å². The van der Waals surface area contributed by atoms with Crippen LogP contribution in [0.2, 0.25) is 5.02 Å². The SMILES string of the molecule is CC(C)(C)OC(=O)N1CCCCC1CC(=O)c1ccc(Cl)cc1. The molecule has 0 saturated carbocycles. The Labute approximate surface area is 142 Å². The van der Waals surface area contributed by atoms with Crippen molar-refractivity contribution in [3.63, 3.8) is 0 Å². The second-order valence-corrected chi connectivity index (χ2v) is 7.39. The molecule has 0 N–H and O–H groups in total. The number of piperidine rings is 1.